The molecular weight excluding hydrogens is 242 g/mol. The van der Waals surface area contributed by atoms with Crippen molar-refractivity contribution in [3.63, 3.8) is 0 Å². The summed E-state index contributed by atoms with van der Waals surface area (Å²) in [4.78, 5) is 10.7. The molecule has 0 aliphatic carbocycles. The van der Waals surface area contributed by atoms with Crippen molar-refractivity contribution in [3.8, 4) is 0 Å². The van der Waals surface area contributed by atoms with E-state index in [1.54, 1.807) is 13.8 Å². The van der Waals surface area contributed by atoms with Crippen molar-refractivity contribution in [1.82, 2.24) is 0 Å². The fourth-order valence-electron chi connectivity index (χ4n) is 1.61. The molecule has 0 heterocycles. The summed E-state index contributed by atoms with van der Waals surface area (Å²) in [6.45, 7) is 3.13. The molecule has 0 spiro atoms. The van der Waals surface area contributed by atoms with Crippen LogP contribution in [0.25, 0.3) is 0 Å². The molecule has 94 valence electrons. The Kier molecular flexibility index (Phi) is 4.36. The van der Waals surface area contributed by atoms with Crippen molar-refractivity contribution in [2.75, 3.05) is 12.4 Å². The van der Waals surface area contributed by atoms with Crippen molar-refractivity contribution in [2.45, 2.75) is 25.2 Å². The van der Waals surface area contributed by atoms with Gasteiger partial charge in [0, 0.05) is 6.61 Å². The Morgan fingerprint density at radius 1 is 1.24 bits per heavy atom. The summed E-state index contributed by atoms with van der Waals surface area (Å²) < 4.78 is 23.8. The first-order valence-corrected chi connectivity index (χ1v) is 6.86. The summed E-state index contributed by atoms with van der Waals surface area (Å²) in [5.41, 5.74) is 1.37. The van der Waals surface area contributed by atoms with Gasteiger partial charge in [-0.25, -0.2) is 8.42 Å². The lowest BCUT2D eigenvalue weighted by molar-refractivity contribution is 0.295. The predicted octanol–water partition coefficient (Wildman–Crippen LogP) is 1.86. The van der Waals surface area contributed by atoms with Crippen molar-refractivity contribution in [3.05, 3.63) is 28.2 Å². The van der Waals surface area contributed by atoms with Gasteiger partial charge in [0.2, 0.25) is 0 Å². The number of hydrogen-bond donors (Lipinski definition) is 1. The lowest BCUT2D eigenvalue weighted by Gasteiger charge is -2.08. The molecular formula is C11H15NO4S. The second kappa shape index (κ2) is 5.37. The van der Waals surface area contributed by atoms with Gasteiger partial charge in [0.25, 0.3) is 0 Å². The van der Waals surface area contributed by atoms with Crippen LogP contribution in [0.5, 0.6) is 0 Å². The van der Waals surface area contributed by atoms with Gasteiger partial charge in [0.15, 0.2) is 9.84 Å². The minimum atomic E-state index is -3.40. The number of aryl methyl sites for hydroxylation is 2. The van der Waals surface area contributed by atoms with Gasteiger partial charge in [-0.3, -0.25) is 0 Å². The van der Waals surface area contributed by atoms with Gasteiger partial charge in [-0.1, -0.05) is 0 Å². The Labute approximate surface area is 100 Å². The van der Waals surface area contributed by atoms with E-state index in [9.17, 15) is 13.3 Å². The van der Waals surface area contributed by atoms with Gasteiger partial charge >= 0.3 is 0 Å². The molecule has 0 fully saturated rings. The van der Waals surface area contributed by atoms with Crippen molar-refractivity contribution in [1.29, 1.82) is 0 Å². The van der Waals surface area contributed by atoms with Gasteiger partial charge in [0.1, 0.15) is 5.69 Å². The molecule has 0 unspecified atom stereocenters. The van der Waals surface area contributed by atoms with Crippen molar-refractivity contribution >= 4 is 15.5 Å². The number of hydrogen-bond acceptors (Lipinski definition) is 5. The number of aliphatic hydroxyl groups excluding tert-OH is 1. The fraction of sp³-hybridized carbons (Fsp3) is 0.455. The topological polar surface area (TPSA) is 83.8 Å². The highest BCUT2D eigenvalue weighted by Gasteiger charge is 2.16. The lowest BCUT2D eigenvalue weighted by Crippen LogP contribution is -2.08. The average Bonchev–Trinajstić information content (AvgIpc) is 2.26. The first-order valence-electron chi connectivity index (χ1n) is 5.20. The van der Waals surface area contributed by atoms with E-state index in [-0.39, 0.29) is 29.4 Å². The molecule has 0 aromatic heterocycles. The molecule has 1 N–H and O–H groups in total. The third-order valence-corrected chi connectivity index (χ3v) is 4.27. The minimum absolute atomic E-state index is 0.101. The second-order valence-electron chi connectivity index (χ2n) is 3.89. The maximum absolute atomic E-state index is 11.9. The lowest BCUT2D eigenvalue weighted by atomic mass is 10.1. The first-order chi connectivity index (χ1) is 7.92. The Morgan fingerprint density at radius 2 is 1.76 bits per heavy atom. The Morgan fingerprint density at radius 3 is 2.18 bits per heavy atom. The second-order valence-corrected chi connectivity index (χ2v) is 6.00. The summed E-state index contributed by atoms with van der Waals surface area (Å²) in [7, 11) is -3.40. The highest BCUT2D eigenvalue weighted by molar-refractivity contribution is 7.91. The fourth-order valence-corrected chi connectivity index (χ4v) is 3.07. The monoisotopic (exact) mass is 257 g/mol. The van der Waals surface area contributed by atoms with E-state index in [4.69, 9.17) is 5.11 Å². The van der Waals surface area contributed by atoms with E-state index in [0.717, 1.165) is 0 Å². The maximum Gasteiger partial charge on any atom is 0.178 e. The zero-order chi connectivity index (χ0) is 13.1. The summed E-state index contributed by atoms with van der Waals surface area (Å²) in [6, 6.07) is 2.88. The van der Waals surface area contributed by atoms with Gasteiger partial charge in [0.05, 0.1) is 10.6 Å². The number of aliphatic hydroxyl groups is 1. The molecule has 0 aliphatic rings. The number of benzene rings is 1. The summed E-state index contributed by atoms with van der Waals surface area (Å²) in [6.07, 6.45) is 0.202. The molecule has 0 saturated heterocycles. The highest BCUT2D eigenvalue weighted by atomic mass is 32.2. The molecule has 1 aromatic rings. The molecule has 0 aliphatic heterocycles. The molecule has 0 saturated carbocycles. The van der Waals surface area contributed by atoms with Crippen LogP contribution in [0.1, 0.15) is 17.5 Å². The van der Waals surface area contributed by atoms with Gasteiger partial charge in [-0.2, -0.15) is 0 Å². The largest absolute Gasteiger partial charge is 0.396 e. The van der Waals surface area contributed by atoms with E-state index in [1.165, 1.54) is 12.1 Å². The van der Waals surface area contributed by atoms with Gasteiger partial charge in [-0.15, -0.1) is 4.91 Å². The average molecular weight is 257 g/mol. The third kappa shape index (κ3) is 3.10. The predicted molar refractivity (Wildman–Crippen MR) is 65.1 cm³/mol. The van der Waals surface area contributed by atoms with Crippen LogP contribution in [0.3, 0.4) is 0 Å². The van der Waals surface area contributed by atoms with E-state index >= 15 is 0 Å². The van der Waals surface area contributed by atoms with Crippen molar-refractivity contribution < 1.29 is 13.5 Å². The van der Waals surface area contributed by atoms with E-state index in [1.807, 2.05) is 0 Å². The molecule has 5 nitrogen and oxygen atoms in total. The van der Waals surface area contributed by atoms with Crippen LogP contribution in [0.2, 0.25) is 0 Å². The Bertz CT molecular complexity index is 499. The summed E-state index contributed by atoms with van der Waals surface area (Å²) in [5.74, 6) is -0.101. The number of rotatable bonds is 5. The molecule has 0 atom stereocenters. The van der Waals surface area contributed by atoms with Crippen LogP contribution < -0.4 is 0 Å². The molecule has 0 amide bonds. The smallest absolute Gasteiger partial charge is 0.178 e. The molecule has 17 heavy (non-hydrogen) atoms. The molecule has 1 rings (SSSR count). The van der Waals surface area contributed by atoms with Crippen LogP contribution in [-0.4, -0.2) is 25.9 Å². The molecule has 0 radical (unpaired) electrons. The van der Waals surface area contributed by atoms with E-state index in [0.29, 0.717) is 11.1 Å². The zero-order valence-electron chi connectivity index (χ0n) is 9.80. The van der Waals surface area contributed by atoms with E-state index in [2.05, 4.69) is 5.18 Å². The van der Waals surface area contributed by atoms with Crippen molar-refractivity contribution in [2.24, 2.45) is 5.18 Å². The van der Waals surface area contributed by atoms with Gasteiger partial charge < -0.3 is 5.11 Å². The summed E-state index contributed by atoms with van der Waals surface area (Å²) >= 11 is 0. The number of nitrogens with zero attached hydrogens (tertiary/aromatic N) is 1. The van der Waals surface area contributed by atoms with Crippen LogP contribution in [-0.2, 0) is 9.84 Å². The normalized spacial score (nSPS) is 11.5. The van der Waals surface area contributed by atoms with Crippen LogP contribution in [0, 0.1) is 18.8 Å². The Balaban J connectivity index is 3.21. The Hall–Kier alpha value is -1.27. The zero-order valence-corrected chi connectivity index (χ0v) is 10.6. The molecule has 0 bridgehead atoms. The standard InChI is InChI=1S/C11H15NO4S/c1-8-6-10(7-9(2)11(8)12-14)17(15,16)5-3-4-13/h6-7,13H,3-5H2,1-2H3. The van der Waals surface area contributed by atoms with Gasteiger partial charge in [-0.05, 0) is 48.7 Å². The minimum Gasteiger partial charge on any atom is -0.396 e. The molecule has 1 aromatic carbocycles. The molecule has 6 heteroatoms. The van der Waals surface area contributed by atoms with Crippen LogP contribution in [0.4, 0.5) is 5.69 Å². The van der Waals surface area contributed by atoms with E-state index < -0.39 is 9.84 Å². The highest BCUT2D eigenvalue weighted by Crippen LogP contribution is 2.27. The van der Waals surface area contributed by atoms with Crippen LogP contribution >= 0.6 is 0 Å². The number of sulfone groups is 1. The SMILES string of the molecule is Cc1cc(S(=O)(=O)CCCO)cc(C)c1N=O. The first kappa shape index (κ1) is 13.8. The number of nitroso groups, excluding NO2 is 1. The summed E-state index contributed by atoms with van der Waals surface area (Å²) in [5, 5.41) is 11.5. The van der Waals surface area contributed by atoms with Crippen LogP contribution in [0.15, 0.2) is 22.2 Å². The maximum atomic E-state index is 11.9. The third-order valence-electron chi connectivity index (χ3n) is 2.49. The quantitative estimate of drug-likeness (QED) is 0.816.